The monoisotopic (exact) mass is 273 g/mol. The molecule has 1 saturated heterocycles. The molecular weight excluding hydrogens is 261 g/mol. The summed E-state index contributed by atoms with van der Waals surface area (Å²) in [6.45, 7) is 1.26. The zero-order valence-corrected chi connectivity index (χ0v) is 10.9. The number of benzene rings is 1. The van der Waals surface area contributed by atoms with Crippen LogP contribution in [0.25, 0.3) is 0 Å². The van der Waals surface area contributed by atoms with Gasteiger partial charge in [0.2, 0.25) is 0 Å². The predicted molar refractivity (Wildman–Crippen MR) is 67.8 cm³/mol. The molecule has 0 aliphatic carbocycles. The van der Waals surface area contributed by atoms with Crippen molar-refractivity contribution in [3.8, 4) is 0 Å². The second-order valence-corrected chi connectivity index (χ2v) is 5.28. The first kappa shape index (κ1) is 12.7. The Balaban J connectivity index is 2.34. The molecule has 0 unspecified atom stereocenters. The fraction of sp³-hybridized carbons (Fsp3) is 0.417. The molecule has 0 bridgehead atoms. The van der Waals surface area contributed by atoms with Crippen LogP contribution < -0.4 is 0 Å². The van der Waals surface area contributed by atoms with Gasteiger partial charge in [-0.3, -0.25) is 4.79 Å². The number of aliphatic carboxylic acids is 1. The van der Waals surface area contributed by atoms with Crippen molar-refractivity contribution in [3.05, 3.63) is 33.8 Å². The average molecular weight is 274 g/mol. The summed E-state index contributed by atoms with van der Waals surface area (Å²) < 4.78 is 0. The summed E-state index contributed by atoms with van der Waals surface area (Å²) >= 11 is 12.0. The molecule has 1 heterocycles. The van der Waals surface area contributed by atoms with Crippen LogP contribution in [-0.4, -0.2) is 36.1 Å². The standard InChI is InChI=1S/C12H13Cl2NO2/c1-15-5-9(10(6-15)12(16)17)8-3-2-7(13)4-11(8)14/h2-4,9-10H,5-6H2,1H3,(H,16,17)/t9-,10-/m0/s1. The van der Waals surface area contributed by atoms with E-state index in [9.17, 15) is 9.90 Å². The summed E-state index contributed by atoms with van der Waals surface area (Å²) in [7, 11) is 1.92. The summed E-state index contributed by atoms with van der Waals surface area (Å²) in [6.07, 6.45) is 0. The molecule has 1 aromatic carbocycles. The van der Waals surface area contributed by atoms with Gasteiger partial charge in [-0.25, -0.2) is 0 Å². The highest BCUT2D eigenvalue weighted by Gasteiger charge is 2.37. The van der Waals surface area contributed by atoms with Crippen LogP contribution >= 0.6 is 23.2 Å². The van der Waals surface area contributed by atoms with E-state index in [0.717, 1.165) is 5.56 Å². The largest absolute Gasteiger partial charge is 0.481 e. The van der Waals surface area contributed by atoms with Crippen LogP contribution in [0, 0.1) is 5.92 Å². The molecule has 1 fully saturated rings. The lowest BCUT2D eigenvalue weighted by Crippen LogP contribution is -2.21. The molecular formula is C12H13Cl2NO2. The SMILES string of the molecule is CN1C[C@H](C(=O)O)[C@H](c2ccc(Cl)cc2Cl)C1. The van der Waals surface area contributed by atoms with Gasteiger partial charge in [-0.15, -0.1) is 0 Å². The van der Waals surface area contributed by atoms with Crippen molar-refractivity contribution >= 4 is 29.2 Å². The number of hydrogen-bond donors (Lipinski definition) is 1. The Hall–Kier alpha value is -0.770. The minimum absolute atomic E-state index is 0.0673. The minimum Gasteiger partial charge on any atom is -0.481 e. The molecule has 0 spiro atoms. The van der Waals surface area contributed by atoms with Crippen molar-refractivity contribution in [2.45, 2.75) is 5.92 Å². The lowest BCUT2D eigenvalue weighted by Gasteiger charge is -2.16. The summed E-state index contributed by atoms with van der Waals surface area (Å²) in [6, 6.07) is 5.24. The number of halogens is 2. The van der Waals surface area contributed by atoms with Crippen LogP contribution in [0.1, 0.15) is 11.5 Å². The molecule has 17 heavy (non-hydrogen) atoms. The molecule has 3 nitrogen and oxygen atoms in total. The van der Waals surface area contributed by atoms with Crippen molar-refractivity contribution in [1.82, 2.24) is 4.90 Å². The highest BCUT2D eigenvalue weighted by atomic mass is 35.5. The second-order valence-electron chi connectivity index (χ2n) is 4.44. The predicted octanol–water partition coefficient (Wildman–Crippen LogP) is 2.72. The maximum atomic E-state index is 11.2. The highest BCUT2D eigenvalue weighted by molar-refractivity contribution is 6.35. The zero-order chi connectivity index (χ0) is 12.6. The van der Waals surface area contributed by atoms with Gasteiger partial charge in [-0.2, -0.15) is 0 Å². The van der Waals surface area contributed by atoms with E-state index < -0.39 is 11.9 Å². The molecule has 1 aromatic rings. The summed E-state index contributed by atoms with van der Waals surface area (Å²) in [4.78, 5) is 13.2. The van der Waals surface area contributed by atoms with Crippen LogP contribution in [0.5, 0.6) is 0 Å². The first-order chi connectivity index (χ1) is 7.99. The molecule has 92 valence electrons. The number of carboxylic acid groups (broad SMARTS) is 1. The van der Waals surface area contributed by atoms with Crippen LogP contribution in [0.15, 0.2) is 18.2 Å². The molecule has 2 rings (SSSR count). The highest BCUT2D eigenvalue weighted by Crippen LogP contribution is 2.36. The Kier molecular flexibility index (Phi) is 3.61. The van der Waals surface area contributed by atoms with E-state index in [1.54, 1.807) is 12.1 Å². The van der Waals surface area contributed by atoms with Gasteiger partial charge in [-0.1, -0.05) is 29.3 Å². The fourth-order valence-electron chi connectivity index (χ4n) is 2.37. The van der Waals surface area contributed by atoms with Gasteiger partial charge in [0.15, 0.2) is 0 Å². The number of nitrogens with zero attached hydrogens (tertiary/aromatic N) is 1. The number of likely N-dealkylation sites (N-methyl/N-ethyl adjacent to an activating group) is 1. The zero-order valence-electron chi connectivity index (χ0n) is 9.36. The summed E-state index contributed by atoms with van der Waals surface area (Å²) in [5.74, 6) is -1.24. The Morgan fingerprint density at radius 2 is 2.12 bits per heavy atom. The lowest BCUT2D eigenvalue weighted by atomic mass is 9.89. The maximum Gasteiger partial charge on any atom is 0.308 e. The average Bonchev–Trinajstić information content (AvgIpc) is 2.60. The molecule has 1 aliphatic rings. The Morgan fingerprint density at radius 1 is 1.41 bits per heavy atom. The first-order valence-corrected chi connectivity index (χ1v) is 6.11. The molecule has 1 N–H and O–H groups in total. The van der Waals surface area contributed by atoms with Crippen LogP contribution in [0.4, 0.5) is 0 Å². The third kappa shape index (κ3) is 2.57. The summed E-state index contributed by atoms with van der Waals surface area (Å²) in [5.41, 5.74) is 0.868. The molecule has 5 heteroatoms. The number of carboxylic acids is 1. The fourth-order valence-corrected chi connectivity index (χ4v) is 2.92. The van der Waals surface area contributed by atoms with Gasteiger partial charge in [0.25, 0.3) is 0 Å². The van der Waals surface area contributed by atoms with E-state index in [-0.39, 0.29) is 5.92 Å². The van der Waals surface area contributed by atoms with Gasteiger partial charge in [0.05, 0.1) is 5.92 Å². The van der Waals surface area contributed by atoms with Crippen molar-refractivity contribution in [3.63, 3.8) is 0 Å². The minimum atomic E-state index is -0.773. The van der Waals surface area contributed by atoms with Crippen molar-refractivity contribution in [2.75, 3.05) is 20.1 Å². The third-order valence-electron chi connectivity index (χ3n) is 3.18. The third-order valence-corrected chi connectivity index (χ3v) is 3.74. The van der Waals surface area contributed by atoms with Crippen LogP contribution in [0.3, 0.4) is 0 Å². The Bertz CT molecular complexity index is 450. The maximum absolute atomic E-state index is 11.2. The van der Waals surface area contributed by atoms with Gasteiger partial charge < -0.3 is 10.0 Å². The van der Waals surface area contributed by atoms with E-state index in [0.29, 0.717) is 23.1 Å². The van der Waals surface area contributed by atoms with Crippen molar-refractivity contribution in [1.29, 1.82) is 0 Å². The number of rotatable bonds is 2. The number of hydrogen-bond acceptors (Lipinski definition) is 2. The quantitative estimate of drug-likeness (QED) is 0.901. The smallest absolute Gasteiger partial charge is 0.308 e. The topological polar surface area (TPSA) is 40.5 Å². The molecule has 0 radical (unpaired) electrons. The summed E-state index contributed by atoms with van der Waals surface area (Å²) in [5, 5.41) is 10.3. The van der Waals surface area contributed by atoms with E-state index in [1.807, 2.05) is 18.0 Å². The van der Waals surface area contributed by atoms with E-state index in [1.165, 1.54) is 0 Å². The van der Waals surface area contributed by atoms with Crippen LogP contribution in [-0.2, 0) is 4.79 Å². The van der Waals surface area contributed by atoms with Gasteiger partial charge in [0.1, 0.15) is 0 Å². The molecule has 1 aliphatic heterocycles. The van der Waals surface area contributed by atoms with Crippen molar-refractivity contribution < 1.29 is 9.90 Å². The van der Waals surface area contributed by atoms with E-state index in [2.05, 4.69) is 0 Å². The van der Waals surface area contributed by atoms with Crippen molar-refractivity contribution in [2.24, 2.45) is 5.92 Å². The molecule has 0 saturated carbocycles. The first-order valence-electron chi connectivity index (χ1n) is 5.35. The van der Waals surface area contributed by atoms with Gasteiger partial charge in [-0.05, 0) is 24.7 Å². The van der Waals surface area contributed by atoms with Gasteiger partial charge >= 0.3 is 5.97 Å². The Labute approximate surface area is 110 Å². The van der Waals surface area contributed by atoms with Gasteiger partial charge in [0, 0.05) is 29.1 Å². The molecule has 0 aromatic heterocycles. The number of carbonyl (C=O) groups is 1. The lowest BCUT2D eigenvalue weighted by molar-refractivity contribution is -0.141. The second kappa shape index (κ2) is 4.84. The van der Waals surface area contributed by atoms with E-state index in [4.69, 9.17) is 23.2 Å². The normalized spacial score (nSPS) is 25.1. The van der Waals surface area contributed by atoms with Crippen LogP contribution in [0.2, 0.25) is 10.0 Å². The molecule has 0 amide bonds. The van der Waals surface area contributed by atoms with E-state index >= 15 is 0 Å². The Morgan fingerprint density at radius 3 is 2.71 bits per heavy atom. The molecule has 2 atom stereocenters. The number of likely N-dealkylation sites (tertiary alicyclic amines) is 1.